The number of benzene rings is 1. The minimum Gasteiger partial charge on any atom is -0.298 e. The van der Waals surface area contributed by atoms with Gasteiger partial charge in [0.1, 0.15) is 18.7 Å². The molecule has 0 aliphatic carbocycles. The van der Waals surface area contributed by atoms with Gasteiger partial charge < -0.3 is 0 Å². The lowest BCUT2D eigenvalue weighted by Crippen LogP contribution is -1.96. The summed E-state index contributed by atoms with van der Waals surface area (Å²) in [4.78, 5) is 20.6. The fourth-order valence-electron chi connectivity index (χ4n) is 1.32. The van der Waals surface area contributed by atoms with Crippen LogP contribution in [0.25, 0.3) is 5.69 Å². The van der Waals surface area contributed by atoms with Crippen LogP contribution >= 0.6 is 15.9 Å². The molecule has 0 fully saturated rings. The minimum absolute atomic E-state index is 0.0867. The molecule has 2 rings (SSSR count). The van der Waals surface area contributed by atoms with Gasteiger partial charge in [-0.2, -0.15) is 5.10 Å². The maximum Gasteiger partial charge on any atom is 0.307 e. The molecule has 0 aliphatic rings. The van der Waals surface area contributed by atoms with Crippen LogP contribution < -0.4 is 0 Å². The first-order valence-electron chi connectivity index (χ1n) is 4.56. The van der Waals surface area contributed by atoms with Gasteiger partial charge >= 0.3 is 5.69 Å². The first kappa shape index (κ1) is 11.5. The molecule has 1 aromatic carbocycles. The summed E-state index contributed by atoms with van der Waals surface area (Å²) in [5, 5.41) is 14.4. The lowest BCUT2D eigenvalue weighted by Gasteiger charge is -2.03. The number of hydrogen-bond acceptors (Lipinski definition) is 4. The van der Waals surface area contributed by atoms with Crippen LogP contribution in [0, 0.1) is 10.1 Å². The SMILES string of the molecule is O=Cc1ccc(-n2cc([N+](=O)[O-])cn2)c(Br)c1. The van der Waals surface area contributed by atoms with Crippen molar-refractivity contribution in [3.05, 3.63) is 50.7 Å². The number of nitro groups is 1. The molecule has 0 aliphatic heterocycles. The highest BCUT2D eigenvalue weighted by Gasteiger charge is 2.11. The molecular weight excluding hydrogens is 290 g/mol. The molecule has 0 saturated heterocycles. The van der Waals surface area contributed by atoms with E-state index in [1.165, 1.54) is 17.1 Å². The summed E-state index contributed by atoms with van der Waals surface area (Å²) < 4.78 is 2.01. The molecule has 0 unspecified atom stereocenters. The Labute approximate surface area is 104 Å². The van der Waals surface area contributed by atoms with Crippen molar-refractivity contribution in [3.8, 4) is 5.69 Å². The van der Waals surface area contributed by atoms with Crippen LogP contribution in [0.1, 0.15) is 10.4 Å². The number of halogens is 1. The molecular formula is C10H6BrN3O3. The van der Waals surface area contributed by atoms with Gasteiger partial charge in [-0.05, 0) is 34.1 Å². The van der Waals surface area contributed by atoms with Crippen LogP contribution in [0.5, 0.6) is 0 Å². The number of aromatic nitrogens is 2. The highest BCUT2D eigenvalue weighted by molar-refractivity contribution is 9.10. The zero-order valence-corrected chi connectivity index (χ0v) is 9.99. The average Bonchev–Trinajstić information content (AvgIpc) is 2.78. The summed E-state index contributed by atoms with van der Waals surface area (Å²) in [7, 11) is 0. The summed E-state index contributed by atoms with van der Waals surface area (Å²) in [5.74, 6) is 0. The molecule has 0 saturated carbocycles. The molecule has 17 heavy (non-hydrogen) atoms. The molecule has 0 bridgehead atoms. The Balaban J connectivity index is 2.45. The number of aldehydes is 1. The number of carbonyl (C=O) groups excluding carboxylic acids is 1. The number of hydrogen-bond donors (Lipinski definition) is 0. The van der Waals surface area contributed by atoms with Crippen molar-refractivity contribution in [1.82, 2.24) is 9.78 Å². The van der Waals surface area contributed by atoms with Gasteiger partial charge in [-0.3, -0.25) is 14.9 Å². The van der Waals surface area contributed by atoms with Crippen molar-refractivity contribution < 1.29 is 9.72 Å². The summed E-state index contributed by atoms with van der Waals surface area (Å²) >= 11 is 3.28. The topological polar surface area (TPSA) is 78.0 Å². The largest absolute Gasteiger partial charge is 0.307 e. The fourth-order valence-corrected chi connectivity index (χ4v) is 1.90. The second-order valence-electron chi connectivity index (χ2n) is 3.23. The normalized spacial score (nSPS) is 10.2. The third kappa shape index (κ3) is 2.23. The predicted octanol–water partition coefficient (Wildman–Crippen LogP) is 2.36. The molecule has 2 aromatic rings. The first-order chi connectivity index (χ1) is 8.11. The number of rotatable bonds is 3. The van der Waals surface area contributed by atoms with E-state index in [2.05, 4.69) is 21.0 Å². The van der Waals surface area contributed by atoms with Gasteiger partial charge in [0.25, 0.3) is 0 Å². The maximum absolute atomic E-state index is 10.6. The quantitative estimate of drug-likeness (QED) is 0.495. The van der Waals surface area contributed by atoms with E-state index in [0.717, 1.165) is 6.29 Å². The smallest absolute Gasteiger partial charge is 0.298 e. The monoisotopic (exact) mass is 295 g/mol. The molecule has 6 nitrogen and oxygen atoms in total. The molecule has 0 radical (unpaired) electrons. The molecule has 0 atom stereocenters. The van der Waals surface area contributed by atoms with Crippen molar-refractivity contribution in [3.63, 3.8) is 0 Å². The summed E-state index contributed by atoms with van der Waals surface area (Å²) in [6, 6.07) is 4.89. The van der Waals surface area contributed by atoms with Crippen LogP contribution in [0.4, 0.5) is 5.69 Å². The van der Waals surface area contributed by atoms with Gasteiger partial charge in [-0.15, -0.1) is 0 Å². The number of carbonyl (C=O) groups is 1. The second-order valence-corrected chi connectivity index (χ2v) is 4.08. The van der Waals surface area contributed by atoms with Crippen molar-refractivity contribution in [2.45, 2.75) is 0 Å². The summed E-state index contributed by atoms with van der Waals surface area (Å²) in [6.07, 6.45) is 3.20. The van der Waals surface area contributed by atoms with Crippen molar-refractivity contribution in [2.75, 3.05) is 0 Å². The fraction of sp³-hybridized carbons (Fsp3) is 0. The summed E-state index contributed by atoms with van der Waals surface area (Å²) in [6.45, 7) is 0. The Morgan fingerprint density at radius 3 is 2.76 bits per heavy atom. The Morgan fingerprint density at radius 1 is 1.47 bits per heavy atom. The highest BCUT2D eigenvalue weighted by Crippen LogP contribution is 2.23. The van der Waals surface area contributed by atoms with Gasteiger partial charge in [-0.25, -0.2) is 4.68 Å². The predicted molar refractivity (Wildman–Crippen MR) is 63.3 cm³/mol. The third-order valence-electron chi connectivity index (χ3n) is 2.13. The van der Waals surface area contributed by atoms with Gasteiger partial charge in [0, 0.05) is 10.0 Å². The zero-order valence-electron chi connectivity index (χ0n) is 8.41. The Morgan fingerprint density at radius 2 is 2.24 bits per heavy atom. The van der Waals surface area contributed by atoms with Crippen molar-refractivity contribution in [1.29, 1.82) is 0 Å². The van der Waals surface area contributed by atoms with Crippen molar-refractivity contribution >= 4 is 27.9 Å². The Bertz CT molecular complexity index is 594. The van der Waals surface area contributed by atoms with Crippen LogP contribution in [0.2, 0.25) is 0 Å². The van der Waals surface area contributed by atoms with E-state index in [1.54, 1.807) is 18.2 Å². The van der Waals surface area contributed by atoms with Crippen LogP contribution in [0.3, 0.4) is 0 Å². The Hall–Kier alpha value is -2.02. The van der Waals surface area contributed by atoms with E-state index in [9.17, 15) is 14.9 Å². The molecule has 0 N–H and O–H groups in total. The maximum atomic E-state index is 10.6. The second kappa shape index (κ2) is 4.46. The Kier molecular flexibility index (Phi) is 3.01. The van der Waals surface area contributed by atoms with E-state index >= 15 is 0 Å². The van der Waals surface area contributed by atoms with Gasteiger partial charge in [0.2, 0.25) is 0 Å². The molecule has 0 spiro atoms. The minimum atomic E-state index is -0.517. The third-order valence-corrected chi connectivity index (χ3v) is 2.77. The van der Waals surface area contributed by atoms with Crippen LogP contribution in [-0.2, 0) is 0 Å². The van der Waals surface area contributed by atoms with E-state index in [0.29, 0.717) is 15.7 Å². The lowest BCUT2D eigenvalue weighted by atomic mass is 10.2. The molecule has 86 valence electrons. The summed E-state index contributed by atoms with van der Waals surface area (Å²) in [5.41, 5.74) is 1.06. The molecule has 1 aromatic heterocycles. The van der Waals surface area contributed by atoms with Gasteiger partial charge in [0.15, 0.2) is 0 Å². The average molecular weight is 296 g/mol. The van der Waals surface area contributed by atoms with Gasteiger partial charge in [0.05, 0.1) is 10.6 Å². The first-order valence-corrected chi connectivity index (χ1v) is 5.35. The van der Waals surface area contributed by atoms with Gasteiger partial charge in [-0.1, -0.05) is 0 Å². The van der Waals surface area contributed by atoms with E-state index in [4.69, 9.17) is 0 Å². The van der Waals surface area contributed by atoms with Crippen molar-refractivity contribution in [2.24, 2.45) is 0 Å². The molecule has 1 heterocycles. The van der Waals surface area contributed by atoms with E-state index in [-0.39, 0.29) is 5.69 Å². The van der Waals surface area contributed by atoms with Crippen LogP contribution in [-0.4, -0.2) is 21.0 Å². The molecule has 7 heteroatoms. The zero-order chi connectivity index (χ0) is 12.4. The molecule has 0 amide bonds. The van der Waals surface area contributed by atoms with E-state index in [1.807, 2.05) is 0 Å². The van der Waals surface area contributed by atoms with E-state index < -0.39 is 4.92 Å². The van der Waals surface area contributed by atoms with Crippen LogP contribution in [0.15, 0.2) is 35.1 Å². The lowest BCUT2D eigenvalue weighted by molar-refractivity contribution is -0.384. The number of nitrogens with zero attached hydrogens (tertiary/aromatic N) is 3. The standard InChI is InChI=1S/C10H6BrN3O3/c11-9-3-7(6-15)1-2-10(9)13-5-8(4-12-13)14(16)17/h1-6H. The highest BCUT2D eigenvalue weighted by atomic mass is 79.9.